The second-order valence-corrected chi connectivity index (χ2v) is 3.79. The van der Waals surface area contributed by atoms with Crippen LogP contribution < -0.4 is 5.73 Å². The summed E-state index contributed by atoms with van der Waals surface area (Å²) < 4.78 is 0. The molecule has 0 unspecified atom stereocenters. The first-order valence-corrected chi connectivity index (χ1v) is 4.84. The number of nitrogen functional groups attached to an aromatic ring is 1. The molecule has 2 rings (SSSR count). The van der Waals surface area contributed by atoms with Crippen molar-refractivity contribution in [2.45, 2.75) is 11.8 Å². The van der Waals surface area contributed by atoms with Crippen molar-refractivity contribution in [1.29, 1.82) is 0 Å². The summed E-state index contributed by atoms with van der Waals surface area (Å²) in [7, 11) is 0. The molecule has 0 radical (unpaired) electrons. The minimum atomic E-state index is -0.638. The van der Waals surface area contributed by atoms with E-state index < -0.39 is 5.38 Å². The van der Waals surface area contributed by atoms with Crippen LogP contribution >= 0.6 is 11.6 Å². The zero-order chi connectivity index (χ0) is 10.1. The van der Waals surface area contributed by atoms with Gasteiger partial charge in [-0.1, -0.05) is 18.2 Å². The van der Waals surface area contributed by atoms with Gasteiger partial charge < -0.3 is 10.5 Å². The van der Waals surface area contributed by atoms with Crippen LogP contribution in [0.2, 0.25) is 0 Å². The fraction of sp³-hybridized carbons (Fsp3) is 0.182. The molecular weight excluding hydrogens is 198 g/mol. The number of rotatable bonds is 2. The zero-order valence-electron chi connectivity index (χ0n) is 7.53. The Balaban J connectivity index is 2.49. The van der Waals surface area contributed by atoms with Crippen LogP contribution in [0.5, 0.6) is 0 Å². The van der Waals surface area contributed by atoms with Gasteiger partial charge in [0.05, 0.1) is 0 Å². The van der Waals surface area contributed by atoms with Gasteiger partial charge >= 0.3 is 0 Å². The lowest BCUT2D eigenvalue weighted by Gasteiger charge is -2.09. The van der Waals surface area contributed by atoms with Gasteiger partial charge in [-0.15, -0.1) is 11.6 Å². The summed E-state index contributed by atoms with van der Waals surface area (Å²) in [5.74, 6) is 0. The minimum absolute atomic E-state index is 0.586. The van der Waals surface area contributed by atoms with E-state index in [4.69, 9.17) is 17.3 Å². The number of carbonyl (C=O) groups is 1. The number of benzene rings is 1. The molecule has 0 heterocycles. The van der Waals surface area contributed by atoms with Crippen LogP contribution in [-0.2, 0) is 11.2 Å². The van der Waals surface area contributed by atoms with Crippen molar-refractivity contribution in [1.82, 2.24) is 0 Å². The largest absolute Gasteiger partial charge is 0.398 e. The van der Waals surface area contributed by atoms with Gasteiger partial charge in [0, 0.05) is 11.3 Å². The van der Waals surface area contributed by atoms with E-state index in [9.17, 15) is 4.79 Å². The highest BCUT2D eigenvalue weighted by Crippen LogP contribution is 2.30. The van der Waals surface area contributed by atoms with Crippen LogP contribution in [0.3, 0.4) is 0 Å². The number of hydrogen-bond donors (Lipinski definition) is 1. The van der Waals surface area contributed by atoms with Crippen LogP contribution in [0, 0.1) is 0 Å². The number of hydrogen-bond acceptors (Lipinski definition) is 2. The first-order chi connectivity index (χ1) is 6.72. The van der Waals surface area contributed by atoms with E-state index in [1.54, 1.807) is 0 Å². The number of allylic oxidation sites excluding steroid dienone is 1. The topological polar surface area (TPSA) is 43.1 Å². The standard InChI is InChI=1S/C11H10ClNO/c12-10(6-14)9-4-7-2-1-3-8(7)5-11(9)13/h1,3-6,10H,2,13H2/t10-/m1/s1. The van der Waals surface area contributed by atoms with Gasteiger partial charge in [0.15, 0.2) is 0 Å². The summed E-state index contributed by atoms with van der Waals surface area (Å²) in [6, 6.07) is 3.78. The molecule has 2 N–H and O–H groups in total. The van der Waals surface area contributed by atoms with Gasteiger partial charge in [-0.2, -0.15) is 0 Å². The molecule has 1 aromatic carbocycles. The van der Waals surface area contributed by atoms with E-state index in [1.165, 1.54) is 5.56 Å². The molecule has 0 bridgehead atoms. The average molecular weight is 208 g/mol. The van der Waals surface area contributed by atoms with Crippen LogP contribution in [0.25, 0.3) is 6.08 Å². The van der Waals surface area contributed by atoms with Gasteiger partial charge in [-0.05, 0) is 23.6 Å². The van der Waals surface area contributed by atoms with Crippen molar-refractivity contribution in [3.05, 3.63) is 34.9 Å². The van der Waals surface area contributed by atoms with Gasteiger partial charge in [-0.25, -0.2) is 0 Å². The molecule has 0 aromatic heterocycles. The van der Waals surface area contributed by atoms with Gasteiger partial charge in [0.2, 0.25) is 0 Å². The first kappa shape index (κ1) is 9.28. The molecule has 72 valence electrons. The number of fused-ring (bicyclic) bond motifs is 1. The minimum Gasteiger partial charge on any atom is -0.398 e. The lowest BCUT2D eigenvalue weighted by Crippen LogP contribution is -2.00. The number of aldehydes is 1. The van der Waals surface area contributed by atoms with E-state index in [2.05, 4.69) is 6.08 Å². The number of nitrogens with two attached hydrogens (primary N) is 1. The fourth-order valence-electron chi connectivity index (χ4n) is 1.65. The number of anilines is 1. The molecule has 14 heavy (non-hydrogen) atoms. The predicted molar refractivity (Wildman–Crippen MR) is 58.3 cm³/mol. The summed E-state index contributed by atoms with van der Waals surface area (Å²) in [6.07, 6.45) is 5.69. The van der Waals surface area contributed by atoms with Gasteiger partial charge in [-0.3, -0.25) is 0 Å². The Morgan fingerprint density at radius 2 is 2.29 bits per heavy atom. The summed E-state index contributed by atoms with van der Waals surface area (Å²) >= 11 is 5.83. The number of alkyl halides is 1. The first-order valence-electron chi connectivity index (χ1n) is 4.40. The molecule has 0 saturated carbocycles. The molecule has 0 spiro atoms. The molecule has 0 aliphatic heterocycles. The van der Waals surface area contributed by atoms with Crippen molar-refractivity contribution in [3.63, 3.8) is 0 Å². The Morgan fingerprint density at radius 3 is 3.00 bits per heavy atom. The van der Waals surface area contributed by atoms with E-state index in [1.807, 2.05) is 18.2 Å². The van der Waals surface area contributed by atoms with Crippen molar-refractivity contribution < 1.29 is 4.79 Å². The molecule has 3 heteroatoms. The highest BCUT2D eigenvalue weighted by atomic mass is 35.5. The summed E-state index contributed by atoms with van der Waals surface area (Å²) in [4.78, 5) is 10.6. The molecule has 2 nitrogen and oxygen atoms in total. The highest BCUT2D eigenvalue weighted by Gasteiger charge is 2.14. The smallest absolute Gasteiger partial charge is 0.142 e. The Bertz CT molecular complexity index is 412. The Morgan fingerprint density at radius 1 is 1.50 bits per heavy atom. The van der Waals surface area contributed by atoms with Gasteiger partial charge in [0.25, 0.3) is 0 Å². The molecular formula is C11H10ClNO. The van der Waals surface area contributed by atoms with Crippen molar-refractivity contribution in [2.75, 3.05) is 5.73 Å². The maximum absolute atomic E-state index is 10.6. The van der Waals surface area contributed by atoms with Crippen LogP contribution in [0.15, 0.2) is 18.2 Å². The van der Waals surface area contributed by atoms with E-state index in [0.29, 0.717) is 17.5 Å². The molecule has 0 fully saturated rings. The quantitative estimate of drug-likeness (QED) is 0.460. The lowest BCUT2D eigenvalue weighted by molar-refractivity contribution is -0.107. The van der Waals surface area contributed by atoms with Crippen molar-refractivity contribution in [2.24, 2.45) is 0 Å². The molecule has 1 atom stereocenters. The summed E-state index contributed by atoms with van der Waals surface area (Å²) in [5.41, 5.74) is 9.40. The zero-order valence-corrected chi connectivity index (χ0v) is 8.29. The van der Waals surface area contributed by atoms with Crippen LogP contribution in [-0.4, -0.2) is 6.29 Å². The maximum atomic E-state index is 10.6. The second kappa shape index (κ2) is 3.46. The molecule has 1 aromatic rings. The van der Waals surface area contributed by atoms with Crippen LogP contribution in [0.4, 0.5) is 5.69 Å². The second-order valence-electron chi connectivity index (χ2n) is 3.32. The molecule has 1 aliphatic rings. The monoisotopic (exact) mass is 207 g/mol. The molecule has 0 saturated heterocycles. The summed E-state index contributed by atoms with van der Waals surface area (Å²) in [5, 5.41) is -0.638. The van der Waals surface area contributed by atoms with E-state index >= 15 is 0 Å². The predicted octanol–water partition coefficient (Wildman–Crippen LogP) is 2.32. The highest BCUT2D eigenvalue weighted by molar-refractivity contribution is 6.28. The van der Waals surface area contributed by atoms with Crippen molar-refractivity contribution in [3.8, 4) is 0 Å². The Labute approximate surface area is 87.4 Å². The third-order valence-corrected chi connectivity index (χ3v) is 2.73. The van der Waals surface area contributed by atoms with E-state index in [-0.39, 0.29) is 0 Å². The molecule has 1 aliphatic carbocycles. The maximum Gasteiger partial charge on any atom is 0.142 e. The van der Waals surface area contributed by atoms with Crippen LogP contribution in [0.1, 0.15) is 22.1 Å². The number of halogens is 1. The lowest BCUT2D eigenvalue weighted by atomic mass is 10.0. The Hall–Kier alpha value is -1.28. The van der Waals surface area contributed by atoms with Crippen molar-refractivity contribution >= 4 is 29.7 Å². The fourth-order valence-corrected chi connectivity index (χ4v) is 1.84. The third kappa shape index (κ3) is 1.42. The average Bonchev–Trinajstić information content (AvgIpc) is 2.62. The summed E-state index contributed by atoms with van der Waals surface area (Å²) in [6.45, 7) is 0. The normalized spacial score (nSPS) is 15.2. The molecule has 0 amide bonds. The third-order valence-electron chi connectivity index (χ3n) is 2.40. The number of carbonyl (C=O) groups excluding carboxylic acids is 1. The Kier molecular flexibility index (Phi) is 2.30. The van der Waals surface area contributed by atoms with E-state index in [0.717, 1.165) is 12.0 Å². The SMILES string of the molecule is Nc1cc2c(cc1[C@H](Cl)C=O)CC=C2. The van der Waals surface area contributed by atoms with Gasteiger partial charge in [0.1, 0.15) is 11.7 Å².